The van der Waals surface area contributed by atoms with Gasteiger partial charge in [-0.2, -0.15) is 9.65 Å². The first-order valence-electron chi connectivity index (χ1n) is 10.6. The van der Waals surface area contributed by atoms with Crippen LogP contribution in [0.1, 0.15) is 90.4 Å². The van der Waals surface area contributed by atoms with Crippen molar-refractivity contribution in [1.82, 2.24) is 0 Å². The number of nitriles is 1. The van der Waals surface area contributed by atoms with Gasteiger partial charge in [0.25, 0.3) is 0 Å². The van der Waals surface area contributed by atoms with E-state index in [0.29, 0.717) is 12.3 Å². The molecule has 0 amide bonds. The molecule has 0 aromatic rings. The van der Waals surface area contributed by atoms with Gasteiger partial charge < -0.3 is 0 Å². The summed E-state index contributed by atoms with van der Waals surface area (Å²) in [4.78, 5) is 0. The largest absolute Gasteiger partial charge is 0.196 e. The van der Waals surface area contributed by atoms with E-state index in [4.69, 9.17) is 5.26 Å². The molecule has 2 heteroatoms. The summed E-state index contributed by atoms with van der Waals surface area (Å²) in [6.45, 7) is 6.81. The Morgan fingerprint density at radius 1 is 1.00 bits per heavy atom. The number of hydrogen-bond donors (Lipinski definition) is 0. The van der Waals surface area contributed by atoms with Crippen LogP contribution >= 0.6 is 0 Å². The molecule has 25 heavy (non-hydrogen) atoms. The molecular weight excluding hydrogens is 309 g/mol. The number of unbranched alkanes of at least 4 members (excludes halogenated alkanes) is 1. The Hall–Kier alpha value is -1.10. The zero-order valence-corrected chi connectivity index (χ0v) is 16.1. The lowest BCUT2D eigenvalue weighted by molar-refractivity contribution is 0.240. The first kappa shape index (κ1) is 20.2. The van der Waals surface area contributed by atoms with Gasteiger partial charge in [-0.3, -0.25) is 0 Å². The summed E-state index contributed by atoms with van der Waals surface area (Å²) >= 11 is 0. The second-order valence-electron chi connectivity index (χ2n) is 8.39. The van der Waals surface area contributed by atoms with Gasteiger partial charge in [-0.25, -0.2) is 0 Å². The van der Waals surface area contributed by atoms with E-state index >= 15 is 0 Å². The summed E-state index contributed by atoms with van der Waals surface area (Å²) in [6, 6.07) is 1.56. The summed E-state index contributed by atoms with van der Waals surface area (Å²) in [5.41, 5.74) is 1.54. The first-order chi connectivity index (χ1) is 12.1. The molecule has 0 aromatic heterocycles. The molecule has 2 aliphatic rings. The molecule has 0 bridgehead atoms. The SMILES string of the molecule is C=C(C1CCC(CCC=C(F)C#N)CC1)C1CCC(CCCC)CC1. The fraction of sp³-hybridized carbons (Fsp3) is 0.783. The van der Waals surface area contributed by atoms with Crippen LogP contribution in [0, 0.1) is 35.0 Å². The average Bonchev–Trinajstić information content (AvgIpc) is 2.66. The first-order valence-corrected chi connectivity index (χ1v) is 10.6. The lowest BCUT2D eigenvalue weighted by Gasteiger charge is -2.36. The third-order valence-corrected chi connectivity index (χ3v) is 6.71. The Kier molecular flexibility index (Phi) is 8.73. The standard InChI is InChI=1S/C23H36FN/c1-3-4-6-19-9-13-21(14-10-19)18(2)22-15-11-20(12-16-22)7-5-8-23(24)17-25/h8,19-22H,2-7,9-16H2,1H3. The average molecular weight is 346 g/mol. The maximum atomic E-state index is 12.8. The van der Waals surface area contributed by atoms with Crippen molar-refractivity contribution in [3.8, 4) is 6.07 Å². The normalized spacial score (nSPS) is 30.7. The quantitative estimate of drug-likeness (QED) is 0.330. The molecule has 0 aromatic carbocycles. The molecule has 1 nitrogen and oxygen atoms in total. The number of hydrogen-bond acceptors (Lipinski definition) is 1. The highest BCUT2D eigenvalue weighted by molar-refractivity contribution is 5.11. The molecular formula is C23H36FN. The van der Waals surface area contributed by atoms with Crippen molar-refractivity contribution in [2.24, 2.45) is 23.7 Å². The van der Waals surface area contributed by atoms with Crippen molar-refractivity contribution in [1.29, 1.82) is 5.26 Å². The zero-order chi connectivity index (χ0) is 18.1. The van der Waals surface area contributed by atoms with E-state index < -0.39 is 5.83 Å². The van der Waals surface area contributed by atoms with Crippen LogP contribution in [-0.4, -0.2) is 0 Å². The Bertz CT molecular complexity index is 471. The molecule has 0 heterocycles. The van der Waals surface area contributed by atoms with E-state index in [1.54, 1.807) is 11.6 Å². The van der Waals surface area contributed by atoms with Crippen molar-refractivity contribution in [3.05, 3.63) is 24.1 Å². The van der Waals surface area contributed by atoms with E-state index in [-0.39, 0.29) is 0 Å². The van der Waals surface area contributed by atoms with E-state index in [1.165, 1.54) is 76.7 Å². The third kappa shape index (κ3) is 6.61. The van der Waals surface area contributed by atoms with Crippen LogP contribution in [0.4, 0.5) is 4.39 Å². The van der Waals surface area contributed by atoms with Gasteiger partial charge in [0.15, 0.2) is 5.83 Å². The highest BCUT2D eigenvalue weighted by Gasteiger charge is 2.29. The van der Waals surface area contributed by atoms with E-state index in [9.17, 15) is 4.39 Å². The Labute approximate surface area is 154 Å². The second-order valence-corrected chi connectivity index (χ2v) is 8.39. The molecule has 2 saturated carbocycles. The lowest BCUT2D eigenvalue weighted by Crippen LogP contribution is -2.23. The van der Waals surface area contributed by atoms with Crippen LogP contribution in [-0.2, 0) is 0 Å². The Morgan fingerprint density at radius 2 is 1.52 bits per heavy atom. The van der Waals surface area contributed by atoms with Crippen LogP contribution in [0.5, 0.6) is 0 Å². The molecule has 0 saturated heterocycles. The van der Waals surface area contributed by atoms with Crippen molar-refractivity contribution >= 4 is 0 Å². The van der Waals surface area contributed by atoms with Crippen LogP contribution in [0.25, 0.3) is 0 Å². The van der Waals surface area contributed by atoms with Crippen molar-refractivity contribution in [2.45, 2.75) is 90.4 Å². The van der Waals surface area contributed by atoms with Gasteiger partial charge in [-0.05, 0) is 94.0 Å². The Balaban J connectivity index is 1.67. The molecule has 0 spiro atoms. The highest BCUT2D eigenvalue weighted by Crippen LogP contribution is 2.42. The van der Waals surface area contributed by atoms with Crippen LogP contribution in [0.15, 0.2) is 24.1 Å². The van der Waals surface area contributed by atoms with Gasteiger partial charge in [0.05, 0.1) is 0 Å². The van der Waals surface area contributed by atoms with E-state index in [0.717, 1.165) is 24.2 Å². The molecule has 2 rings (SSSR count). The summed E-state index contributed by atoms with van der Waals surface area (Å²) in [6.07, 6.45) is 17.9. The van der Waals surface area contributed by atoms with Gasteiger partial charge in [0, 0.05) is 0 Å². The van der Waals surface area contributed by atoms with Crippen molar-refractivity contribution in [2.75, 3.05) is 0 Å². The number of nitrogens with zero attached hydrogens (tertiary/aromatic N) is 1. The van der Waals surface area contributed by atoms with E-state index in [2.05, 4.69) is 13.5 Å². The minimum absolute atomic E-state index is 0.628. The summed E-state index contributed by atoms with van der Waals surface area (Å²) in [7, 11) is 0. The molecule has 0 unspecified atom stereocenters. The molecule has 2 fully saturated rings. The topological polar surface area (TPSA) is 23.8 Å². The second kappa shape index (κ2) is 10.8. The number of allylic oxidation sites excluding steroid dienone is 3. The predicted octanol–water partition coefficient (Wildman–Crippen LogP) is 7.50. The summed E-state index contributed by atoms with van der Waals surface area (Å²) < 4.78 is 12.8. The summed E-state index contributed by atoms with van der Waals surface area (Å²) in [5, 5.41) is 8.45. The number of halogens is 1. The molecule has 0 aliphatic heterocycles. The van der Waals surface area contributed by atoms with E-state index in [1.807, 2.05) is 0 Å². The number of rotatable bonds is 8. The zero-order valence-electron chi connectivity index (χ0n) is 16.1. The molecule has 2 aliphatic carbocycles. The van der Waals surface area contributed by atoms with Gasteiger partial charge >= 0.3 is 0 Å². The molecule has 0 atom stereocenters. The van der Waals surface area contributed by atoms with Gasteiger partial charge in [-0.15, -0.1) is 0 Å². The van der Waals surface area contributed by atoms with Crippen LogP contribution in [0.3, 0.4) is 0 Å². The van der Waals surface area contributed by atoms with Crippen LogP contribution in [0.2, 0.25) is 0 Å². The minimum Gasteiger partial charge on any atom is -0.195 e. The molecule has 0 N–H and O–H groups in total. The smallest absolute Gasteiger partial charge is 0.195 e. The summed E-state index contributed by atoms with van der Waals surface area (Å²) in [5.74, 6) is 2.54. The van der Waals surface area contributed by atoms with Crippen molar-refractivity contribution < 1.29 is 4.39 Å². The lowest BCUT2D eigenvalue weighted by atomic mass is 9.70. The Morgan fingerprint density at radius 3 is 2.00 bits per heavy atom. The monoisotopic (exact) mass is 345 g/mol. The van der Waals surface area contributed by atoms with Gasteiger partial charge in [0.2, 0.25) is 0 Å². The third-order valence-electron chi connectivity index (χ3n) is 6.71. The van der Waals surface area contributed by atoms with Crippen molar-refractivity contribution in [3.63, 3.8) is 0 Å². The molecule has 140 valence electrons. The fourth-order valence-corrected chi connectivity index (χ4v) is 4.96. The predicted molar refractivity (Wildman–Crippen MR) is 104 cm³/mol. The molecule has 0 radical (unpaired) electrons. The highest BCUT2D eigenvalue weighted by atomic mass is 19.1. The fourth-order valence-electron chi connectivity index (χ4n) is 4.96. The maximum absolute atomic E-state index is 12.8. The van der Waals surface area contributed by atoms with Gasteiger partial charge in [-0.1, -0.05) is 38.3 Å². The van der Waals surface area contributed by atoms with Crippen LogP contribution < -0.4 is 0 Å². The van der Waals surface area contributed by atoms with Gasteiger partial charge in [0.1, 0.15) is 6.07 Å². The minimum atomic E-state index is -0.628. The maximum Gasteiger partial charge on any atom is 0.196 e.